The molecule has 1 aliphatic carbocycles. The van der Waals surface area contributed by atoms with E-state index < -0.39 is 42.3 Å². The molecule has 5 rings (SSSR count). The van der Waals surface area contributed by atoms with Crippen molar-refractivity contribution in [3.05, 3.63) is 59.7 Å². The van der Waals surface area contributed by atoms with E-state index in [0.29, 0.717) is 6.42 Å². The van der Waals surface area contributed by atoms with Crippen molar-refractivity contribution < 1.29 is 34.1 Å². The van der Waals surface area contributed by atoms with Gasteiger partial charge in [-0.05, 0) is 28.7 Å². The Labute approximate surface area is 196 Å². The van der Waals surface area contributed by atoms with Crippen molar-refractivity contribution in [3.8, 4) is 11.1 Å². The van der Waals surface area contributed by atoms with Crippen LogP contribution in [-0.2, 0) is 19.1 Å². The van der Waals surface area contributed by atoms with Crippen molar-refractivity contribution in [3.63, 3.8) is 0 Å². The number of likely N-dealkylation sites (tertiary alicyclic amines) is 1. The number of β-amino-alcohol motifs (C(OH)–C–C–N with tert-alkyl or cyclic N) is 1. The van der Waals surface area contributed by atoms with E-state index >= 15 is 0 Å². The van der Waals surface area contributed by atoms with Crippen molar-refractivity contribution in [2.75, 3.05) is 19.8 Å². The number of aliphatic hydroxyl groups is 1. The summed E-state index contributed by atoms with van der Waals surface area (Å²) >= 11 is 0. The molecule has 0 bridgehead atoms. The molecule has 2 fully saturated rings. The first-order chi connectivity index (χ1) is 16.4. The number of amides is 2. The average molecular weight is 466 g/mol. The lowest BCUT2D eigenvalue weighted by atomic mass is 9.98. The molecule has 0 aromatic heterocycles. The van der Waals surface area contributed by atoms with Crippen molar-refractivity contribution in [2.45, 2.75) is 43.1 Å². The summed E-state index contributed by atoms with van der Waals surface area (Å²) < 4.78 is 11.1. The van der Waals surface area contributed by atoms with Gasteiger partial charge in [-0.25, -0.2) is 9.59 Å². The number of nitrogens with one attached hydrogen (secondary N) is 1. The molecule has 2 heterocycles. The highest BCUT2D eigenvalue weighted by Crippen LogP contribution is 2.44. The van der Waals surface area contributed by atoms with E-state index in [9.17, 15) is 24.6 Å². The van der Waals surface area contributed by atoms with Crippen LogP contribution >= 0.6 is 0 Å². The maximum Gasteiger partial charge on any atom is 0.407 e. The number of hydrogen-bond acceptors (Lipinski definition) is 6. The average Bonchev–Trinajstić information content (AvgIpc) is 3.53. The third-order valence-electron chi connectivity index (χ3n) is 6.83. The van der Waals surface area contributed by atoms with Gasteiger partial charge in [0.15, 0.2) is 6.10 Å². The molecule has 0 saturated carbocycles. The second-order valence-electron chi connectivity index (χ2n) is 8.89. The van der Waals surface area contributed by atoms with Crippen molar-refractivity contribution in [1.29, 1.82) is 0 Å². The molecule has 2 aromatic rings. The number of carboxylic acids is 1. The summed E-state index contributed by atoms with van der Waals surface area (Å²) in [5.74, 6) is -1.81. The molecule has 3 N–H and O–H groups in total. The van der Waals surface area contributed by atoms with Crippen LogP contribution in [0.2, 0.25) is 0 Å². The molecule has 4 atom stereocenters. The van der Waals surface area contributed by atoms with Crippen molar-refractivity contribution >= 4 is 18.0 Å². The number of carbonyl (C=O) groups excluding carboxylic acids is 2. The number of rotatable bonds is 5. The number of carboxylic acid groups (broad SMARTS) is 1. The quantitative estimate of drug-likeness (QED) is 0.613. The van der Waals surface area contributed by atoms with Crippen LogP contribution in [0.5, 0.6) is 0 Å². The summed E-state index contributed by atoms with van der Waals surface area (Å²) in [4.78, 5) is 38.2. The van der Waals surface area contributed by atoms with E-state index in [1.165, 1.54) is 0 Å². The third-order valence-corrected chi connectivity index (χ3v) is 6.83. The van der Waals surface area contributed by atoms with Gasteiger partial charge in [0.2, 0.25) is 0 Å². The normalized spacial score (nSPS) is 25.6. The van der Waals surface area contributed by atoms with E-state index in [0.717, 1.165) is 27.2 Å². The van der Waals surface area contributed by atoms with Crippen LogP contribution in [0.3, 0.4) is 0 Å². The van der Waals surface area contributed by atoms with Crippen LogP contribution < -0.4 is 5.32 Å². The zero-order valence-corrected chi connectivity index (χ0v) is 18.4. The fourth-order valence-electron chi connectivity index (χ4n) is 5.23. The van der Waals surface area contributed by atoms with E-state index in [2.05, 4.69) is 17.4 Å². The number of alkyl carbamates (subject to hydrolysis) is 1. The Morgan fingerprint density at radius 2 is 1.71 bits per heavy atom. The Hall–Kier alpha value is -3.43. The van der Waals surface area contributed by atoms with Crippen LogP contribution in [0.1, 0.15) is 29.9 Å². The lowest BCUT2D eigenvalue weighted by Crippen LogP contribution is -2.52. The maximum absolute atomic E-state index is 13.0. The number of fused-ring (bicyclic) bond motifs is 3. The van der Waals surface area contributed by atoms with Gasteiger partial charge < -0.3 is 29.9 Å². The molecule has 2 saturated heterocycles. The van der Waals surface area contributed by atoms with Crippen LogP contribution in [0.25, 0.3) is 11.1 Å². The van der Waals surface area contributed by atoms with E-state index in [-0.39, 0.29) is 32.1 Å². The molecule has 3 aliphatic rings. The Balaban J connectivity index is 1.23. The van der Waals surface area contributed by atoms with Gasteiger partial charge in [0, 0.05) is 25.5 Å². The summed E-state index contributed by atoms with van der Waals surface area (Å²) in [6.45, 7) is 0.317. The predicted octanol–water partition coefficient (Wildman–Crippen LogP) is 1.73. The zero-order chi connectivity index (χ0) is 23.8. The molecular weight excluding hydrogens is 440 g/mol. The molecule has 2 aliphatic heterocycles. The lowest BCUT2D eigenvalue weighted by Gasteiger charge is -2.27. The highest BCUT2D eigenvalue weighted by molar-refractivity contribution is 5.88. The predicted molar refractivity (Wildman–Crippen MR) is 120 cm³/mol. The smallest absolute Gasteiger partial charge is 0.407 e. The second-order valence-corrected chi connectivity index (χ2v) is 8.89. The maximum atomic E-state index is 13.0. The molecule has 0 spiro atoms. The summed E-state index contributed by atoms with van der Waals surface area (Å²) in [7, 11) is 0. The van der Waals surface area contributed by atoms with Crippen molar-refractivity contribution in [1.82, 2.24) is 10.2 Å². The number of aliphatic carboxylic acids is 1. The standard InChI is InChI=1S/C25H26N2O7/c28-14-11-21(24(30)31)27(12-14)23(29)22-20(9-10-33-22)26-25(32)34-13-19-17-7-3-1-5-15(17)16-6-2-4-8-18(16)19/h1-8,14,19-22,28H,9-13H2,(H,26,32)(H,30,31)/t14-,20-,21-,22+/m1/s1. The van der Waals surface area contributed by atoms with E-state index in [4.69, 9.17) is 9.47 Å². The Morgan fingerprint density at radius 3 is 2.35 bits per heavy atom. The molecule has 2 amide bonds. The van der Waals surface area contributed by atoms with Gasteiger partial charge in [-0.1, -0.05) is 48.5 Å². The number of benzene rings is 2. The molecule has 178 valence electrons. The van der Waals surface area contributed by atoms with Crippen LogP contribution in [0.4, 0.5) is 4.79 Å². The first kappa shape index (κ1) is 22.4. The number of carbonyl (C=O) groups is 3. The van der Waals surface area contributed by atoms with E-state index in [1.54, 1.807) is 0 Å². The fourth-order valence-corrected chi connectivity index (χ4v) is 5.23. The first-order valence-electron chi connectivity index (χ1n) is 11.4. The fraction of sp³-hybridized carbons (Fsp3) is 0.400. The molecule has 34 heavy (non-hydrogen) atoms. The summed E-state index contributed by atoms with van der Waals surface area (Å²) in [5.41, 5.74) is 4.45. The topological polar surface area (TPSA) is 125 Å². The van der Waals surface area contributed by atoms with E-state index in [1.807, 2.05) is 36.4 Å². The lowest BCUT2D eigenvalue weighted by molar-refractivity contribution is -0.152. The summed E-state index contributed by atoms with van der Waals surface area (Å²) in [6, 6.07) is 14.3. The van der Waals surface area contributed by atoms with Gasteiger partial charge in [0.1, 0.15) is 12.6 Å². The molecule has 9 heteroatoms. The van der Waals surface area contributed by atoms with Crippen molar-refractivity contribution in [2.24, 2.45) is 0 Å². The minimum Gasteiger partial charge on any atom is -0.480 e. The number of aliphatic hydroxyl groups excluding tert-OH is 1. The SMILES string of the molecule is O=C(N[C@@H]1CCO[C@@H]1C(=O)N1C[C@H](O)C[C@@H]1C(=O)O)OCC1c2ccccc2-c2ccccc21. The van der Waals surface area contributed by atoms with Gasteiger partial charge in [-0.15, -0.1) is 0 Å². The monoisotopic (exact) mass is 466 g/mol. The Bertz CT molecular complexity index is 1070. The van der Waals surface area contributed by atoms with Gasteiger partial charge >= 0.3 is 12.1 Å². The molecule has 9 nitrogen and oxygen atoms in total. The Morgan fingerprint density at radius 1 is 1.06 bits per heavy atom. The van der Waals surface area contributed by atoms with Gasteiger partial charge in [-0.3, -0.25) is 4.79 Å². The molecular formula is C25H26N2O7. The Kier molecular flexibility index (Phi) is 5.97. The molecule has 0 radical (unpaired) electrons. The van der Waals surface area contributed by atoms with Gasteiger partial charge in [-0.2, -0.15) is 0 Å². The first-order valence-corrected chi connectivity index (χ1v) is 11.4. The number of ether oxygens (including phenoxy) is 2. The molecule has 0 unspecified atom stereocenters. The number of nitrogens with zero attached hydrogens (tertiary/aromatic N) is 1. The minimum atomic E-state index is -1.18. The molecule has 2 aromatic carbocycles. The van der Waals surface area contributed by atoms with Crippen LogP contribution in [0.15, 0.2) is 48.5 Å². The third kappa shape index (κ3) is 4.01. The minimum absolute atomic E-state index is 0.0295. The zero-order valence-electron chi connectivity index (χ0n) is 18.4. The van der Waals surface area contributed by atoms with Gasteiger partial charge in [0.25, 0.3) is 5.91 Å². The summed E-state index contributed by atoms with van der Waals surface area (Å²) in [6.07, 6.45) is -2.22. The van der Waals surface area contributed by atoms with Crippen LogP contribution in [0, 0.1) is 0 Å². The summed E-state index contributed by atoms with van der Waals surface area (Å²) in [5, 5.41) is 21.9. The van der Waals surface area contributed by atoms with Crippen LogP contribution in [-0.4, -0.2) is 77.1 Å². The number of hydrogen-bond donors (Lipinski definition) is 3. The van der Waals surface area contributed by atoms with Gasteiger partial charge in [0.05, 0.1) is 12.1 Å². The highest BCUT2D eigenvalue weighted by atomic mass is 16.6. The largest absolute Gasteiger partial charge is 0.480 e. The second kappa shape index (κ2) is 9.08. The highest BCUT2D eigenvalue weighted by Gasteiger charge is 2.45.